The second kappa shape index (κ2) is 7.90. The molecule has 0 unspecified atom stereocenters. The highest BCUT2D eigenvalue weighted by atomic mass is 32.3. The molecular weight excluding hydrogens is 336 g/mol. The Kier molecular flexibility index (Phi) is 6.46. The Hall–Kier alpha value is -2.43. The maximum absolute atomic E-state index is 11.0. The first-order valence-corrected chi connectivity index (χ1v) is 8.24. The van der Waals surface area contributed by atoms with Crippen molar-refractivity contribution in [1.82, 2.24) is 4.98 Å². The van der Waals surface area contributed by atoms with E-state index in [0.29, 0.717) is 18.1 Å². The van der Waals surface area contributed by atoms with E-state index in [4.69, 9.17) is 10.3 Å². The molecule has 0 aliphatic heterocycles. The molecule has 0 fully saturated rings. The smallest absolute Gasteiger partial charge is 0.474 e. The van der Waals surface area contributed by atoms with Crippen LogP contribution in [-0.4, -0.2) is 37.0 Å². The molecular formula is C14H20N4O5S. The van der Waals surface area contributed by atoms with Crippen LogP contribution in [0, 0.1) is 6.92 Å². The summed E-state index contributed by atoms with van der Waals surface area (Å²) in [6.07, 6.45) is 0.741. The van der Waals surface area contributed by atoms with Crippen LogP contribution in [-0.2, 0) is 16.8 Å². The predicted molar refractivity (Wildman–Crippen MR) is 87.1 cm³/mol. The Labute approximate surface area is 140 Å². The summed E-state index contributed by atoms with van der Waals surface area (Å²) in [5.41, 5.74) is 7.43. The van der Waals surface area contributed by atoms with Crippen LogP contribution < -0.4 is 19.6 Å². The second-order valence-corrected chi connectivity index (χ2v) is 6.07. The van der Waals surface area contributed by atoms with Crippen molar-refractivity contribution in [2.75, 3.05) is 24.2 Å². The standard InChI is InChI=1S/C14H18N4O4S.H2O/c1-11-10-13(18(14(15)16-11)22-23(19,20)21)17(2)9-8-12-6-4-3-5-7-12;/h3-7,10,15H,8-9H2,1-2H3,(H,19,20,21);1H2. The third kappa shape index (κ3) is 5.33. The minimum atomic E-state index is -4.72. The Morgan fingerprint density at radius 2 is 1.96 bits per heavy atom. The molecule has 0 saturated heterocycles. The molecule has 0 amide bonds. The Bertz CT molecular complexity index is 783. The molecule has 0 bridgehead atoms. The lowest BCUT2D eigenvalue weighted by molar-refractivity contribution is -0.836. The molecule has 24 heavy (non-hydrogen) atoms. The third-order valence-corrected chi connectivity index (χ3v) is 3.52. The van der Waals surface area contributed by atoms with Gasteiger partial charge in [-0.05, 0) is 23.6 Å². The molecule has 132 valence electrons. The number of likely N-dealkylation sites (N-methyl/N-ethyl adjacent to an activating group) is 1. The molecule has 0 aliphatic rings. The van der Waals surface area contributed by atoms with Crippen molar-refractivity contribution in [3.63, 3.8) is 0 Å². The first-order valence-electron chi connectivity index (χ1n) is 6.88. The van der Waals surface area contributed by atoms with Gasteiger partial charge in [0.2, 0.25) is 5.82 Å². The number of rotatable bonds is 6. The van der Waals surface area contributed by atoms with Gasteiger partial charge in [0.15, 0.2) is 0 Å². The van der Waals surface area contributed by atoms with Crippen LogP contribution in [0.2, 0.25) is 0 Å². The highest BCUT2D eigenvalue weighted by molar-refractivity contribution is 7.80. The molecule has 1 aromatic heterocycles. The van der Waals surface area contributed by atoms with Gasteiger partial charge in [-0.2, -0.15) is 8.42 Å². The number of aromatic nitrogens is 2. The molecule has 1 heterocycles. The van der Waals surface area contributed by atoms with E-state index in [1.54, 1.807) is 24.9 Å². The summed E-state index contributed by atoms with van der Waals surface area (Å²) in [5.74, 6) is 0.188. The van der Waals surface area contributed by atoms with E-state index < -0.39 is 10.4 Å². The summed E-state index contributed by atoms with van der Waals surface area (Å²) in [6.45, 7) is 2.31. The number of nitrogen functional groups attached to an aromatic ring is 1. The van der Waals surface area contributed by atoms with Crippen molar-refractivity contribution in [1.29, 1.82) is 0 Å². The van der Waals surface area contributed by atoms with Gasteiger partial charge >= 0.3 is 16.3 Å². The molecule has 10 heteroatoms. The lowest BCUT2D eigenvalue weighted by Gasteiger charge is -2.18. The zero-order valence-corrected chi connectivity index (χ0v) is 14.1. The molecule has 2 rings (SSSR count). The van der Waals surface area contributed by atoms with Crippen LogP contribution in [0.25, 0.3) is 0 Å². The first-order chi connectivity index (χ1) is 10.8. The van der Waals surface area contributed by atoms with Crippen LogP contribution in [0.1, 0.15) is 11.3 Å². The fourth-order valence-corrected chi connectivity index (χ4v) is 2.45. The molecule has 0 spiro atoms. The quantitative estimate of drug-likeness (QED) is 0.544. The van der Waals surface area contributed by atoms with E-state index in [9.17, 15) is 8.42 Å². The van der Waals surface area contributed by atoms with E-state index in [-0.39, 0.29) is 11.4 Å². The highest BCUT2D eigenvalue weighted by Crippen LogP contribution is 2.11. The van der Waals surface area contributed by atoms with Gasteiger partial charge in [-0.3, -0.25) is 4.55 Å². The maximum atomic E-state index is 11.0. The van der Waals surface area contributed by atoms with Crippen LogP contribution in [0.3, 0.4) is 0 Å². The average molecular weight is 356 g/mol. The summed E-state index contributed by atoms with van der Waals surface area (Å²) in [4.78, 5) is 5.70. The van der Waals surface area contributed by atoms with Crippen LogP contribution in [0.4, 0.5) is 11.8 Å². The van der Waals surface area contributed by atoms with Gasteiger partial charge in [-0.1, -0.05) is 30.3 Å². The number of hydrogen-bond acceptors (Lipinski definition) is 7. The fourth-order valence-electron chi connectivity index (χ4n) is 2.11. The number of hydrogen-bond donors (Lipinski definition) is 2. The number of benzene rings is 1. The molecule has 1 aromatic carbocycles. The average Bonchev–Trinajstić information content (AvgIpc) is 2.47. The van der Waals surface area contributed by atoms with Gasteiger partial charge in [0.25, 0.3) is 0 Å². The lowest BCUT2D eigenvalue weighted by Crippen LogP contribution is -2.52. The van der Waals surface area contributed by atoms with Crippen LogP contribution in [0.15, 0.2) is 36.4 Å². The summed E-state index contributed by atoms with van der Waals surface area (Å²) in [7, 11) is -2.95. The molecule has 2 aromatic rings. The summed E-state index contributed by atoms with van der Waals surface area (Å²) in [5, 5.41) is 0. The van der Waals surface area contributed by atoms with Gasteiger partial charge in [-0.25, -0.2) is 4.28 Å². The van der Waals surface area contributed by atoms with E-state index >= 15 is 0 Å². The van der Waals surface area contributed by atoms with Gasteiger partial charge < -0.3 is 16.1 Å². The SMILES string of the molecule is Cc1cc(N(C)CCc2ccccc2)[n+](OS(=O)(=O)O)c(N)n1.[OH-]. The van der Waals surface area contributed by atoms with E-state index in [2.05, 4.69) is 9.27 Å². The van der Waals surface area contributed by atoms with Gasteiger partial charge in [-0.15, -0.1) is 4.98 Å². The van der Waals surface area contributed by atoms with Gasteiger partial charge in [0.1, 0.15) is 5.69 Å². The topological polar surface area (TPSA) is 140 Å². The monoisotopic (exact) mass is 356 g/mol. The van der Waals surface area contributed by atoms with Crippen molar-refractivity contribution >= 4 is 22.2 Å². The molecule has 0 aliphatic carbocycles. The fraction of sp³-hybridized carbons (Fsp3) is 0.286. The molecule has 0 radical (unpaired) electrons. The van der Waals surface area contributed by atoms with Crippen molar-refractivity contribution in [2.45, 2.75) is 13.3 Å². The van der Waals surface area contributed by atoms with E-state index in [0.717, 1.165) is 16.7 Å². The zero-order valence-electron chi connectivity index (χ0n) is 13.3. The predicted octanol–water partition coefficient (Wildman–Crippen LogP) is -0.00678. The largest absolute Gasteiger partial charge is 0.870 e. The third-order valence-electron chi connectivity index (χ3n) is 3.18. The van der Waals surface area contributed by atoms with Gasteiger partial charge in [0.05, 0.1) is 6.54 Å². The molecule has 0 saturated carbocycles. The maximum Gasteiger partial charge on any atom is 0.474 e. The zero-order chi connectivity index (χ0) is 17.0. The molecule has 0 atom stereocenters. The Balaban J connectivity index is 0.00000288. The van der Waals surface area contributed by atoms with Crippen molar-refractivity contribution in [3.05, 3.63) is 47.7 Å². The van der Waals surface area contributed by atoms with Crippen LogP contribution >= 0.6 is 0 Å². The summed E-state index contributed by atoms with van der Waals surface area (Å²) < 4.78 is 36.2. The normalized spacial score (nSPS) is 10.8. The number of nitrogens with two attached hydrogens (primary N) is 1. The highest BCUT2D eigenvalue weighted by Gasteiger charge is 2.23. The first kappa shape index (κ1) is 19.6. The second-order valence-electron chi connectivity index (χ2n) is 5.07. The summed E-state index contributed by atoms with van der Waals surface area (Å²) in [6, 6.07) is 11.5. The van der Waals surface area contributed by atoms with Crippen molar-refractivity contribution < 1.29 is 27.5 Å². The Morgan fingerprint density at radius 3 is 2.54 bits per heavy atom. The van der Waals surface area contributed by atoms with Gasteiger partial charge in [0, 0.05) is 13.1 Å². The number of anilines is 2. The minimum absolute atomic E-state index is 0. The van der Waals surface area contributed by atoms with Crippen molar-refractivity contribution in [3.8, 4) is 0 Å². The molecule has 9 nitrogen and oxygen atoms in total. The number of aryl methyl sites for hydroxylation is 1. The van der Waals surface area contributed by atoms with E-state index in [1.807, 2.05) is 30.3 Å². The lowest BCUT2D eigenvalue weighted by atomic mass is 10.1. The molecule has 4 N–H and O–H groups in total. The van der Waals surface area contributed by atoms with Crippen LogP contribution in [0.5, 0.6) is 0 Å². The van der Waals surface area contributed by atoms with E-state index in [1.165, 1.54) is 0 Å². The van der Waals surface area contributed by atoms with Crippen molar-refractivity contribution in [2.24, 2.45) is 0 Å². The minimum Gasteiger partial charge on any atom is -0.870 e. The Morgan fingerprint density at radius 1 is 1.33 bits per heavy atom. The number of nitrogens with zero attached hydrogens (tertiary/aromatic N) is 3. The summed E-state index contributed by atoms with van der Waals surface area (Å²) >= 11 is 0.